The molecule has 0 atom stereocenters. The molecule has 0 saturated heterocycles. The molecule has 1 aromatic rings. The standard InChI is InChI=1S/C9H12N2O/c1-3-8(12)9-6(2)4-11-5-7(9)10/h4-5H,3,10H2,1-2H3. The van der Waals surface area contributed by atoms with Crippen LogP contribution in [-0.2, 0) is 0 Å². The lowest BCUT2D eigenvalue weighted by molar-refractivity contribution is 0.0988. The molecule has 0 saturated carbocycles. The van der Waals surface area contributed by atoms with Crippen LogP contribution in [0.2, 0.25) is 0 Å². The minimum absolute atomic E-state index is 0.0763. The molecular formula is C9H12N2O. The van der Waals surface area contributed by atoms with E-state index in [-0.39, 0.29) is 5.78 Å². The number of pyridine rings is 1. The zero-order chi connectivity index (χ0) is 9.14. The Labute approximate surface area is 71.6 Å². The van der Waals surface area contributed by atoms with E-state index in [1.165, 1.54) is 6.20 Å². The van der Waals surface area contributed by atoms with E-state index in [0.29, 0.717) is 17.7 Å². The maximum absolute atomic E-state index is 11.3. The summed E-state index contributed by atoms with van der Waals surface area (Å²) in [5.74, 6) is 0.0763. The first-order valence-electron chi connectivity index (χ1n) is 3.90. The van der Waals surface area contributed by atoms with Gasteiger partial charge in [0.05, 0.1) is 11.9 Å². The van der Waals surface area contributed by atoms with Gasteiger partial charge in [0.2, 0.25) is 0 Å². The third-order valence-electron chi connectivity index (χ3n) is 1.76. The van der Waals surface area contributed by atoms with Crippen LogP contribution in [0.5, 0.6) is 0 Å². The van der Waals surface area contributed by atoms with Gasteiger partial charge in [-0.25, -0.2) is 0 Å². The predicted molar refractivity (Wildman–Crippen MR) is 48.0 cm³/mol. The van der Waals surface area contributed by atoms with Gasteiger partial charge in [-0.1, -0.05) is 6.92 Å². The maximum atomic E-state index is 11.3. The number of carbonyl (C=O) groups excluding carboxylic acids is 1. The minimum Gasteiger partial charge on any atom is -0.397 e. The molecule has 0 spiro atoms. The van der Waals surface area contributed by atoms with Gasteiger partial charge in [0.1, 0.15) is 0 Å². The largest absolute Gasteiger partial charge is 0.397 e. The summed E-state index contributed by atoms with van der Waals surface area (Å²) in [4.78, 5) is 15.2. The van der Waals surface area contributed by atoms with Crippen LogP contribution in [0.1, 0.15) is 29.3 Å². The average molecular weight is 164 g/mol. The van der Waals surface area contributed by atoms with Crippen LogP contribution in [0.4, 0.5) is 5.69 Å². The third kappa shape index (κ3) is 1.44. The zero-order valence-corrected chi connectivity index (χ0v) is 7.29. The Kier molecular flexibility index (Phi) is 2.43. The molecule has 0 amide bonds. The Balaban J connectivity index is 3.21. The zero-order valence-electron chi connectivity index (χ0n) is 7.29. The van der Waals surface area contributed by atoms with Crippen LogP contribution >= 0.6 is 0 Å². The van der Waals surface area contributed by atoms with E-state index in [0.717, 1.165) is 5.56 Å². The molecule has 1 aromatic heterocycles. The Morgan fingerprint density at radius 3 is 2.75 bits per heavy atom. The molecule has 0 aliphatic carbocycles. The van der Waals surface area contributed by atoms with Gasteiger partial charge in [0.15, 0.2) is 5.78 Å². The molecule has 1 heterocycles. The first-order chi connectivity index (χ1) is 5.66. The molecule has 12 heavy (non-hydrogen) atoms. The summed E-state index contributed by atoms with van der Waals surface area (Å²) in [7, 11) is 0. The van der Waals surface area contributed by atoms with Gasteiger partial charge < -0.3 is 5.73 Å². The Morgan fingerprint density at radius 1 is 1.58 bits per heavy atom. The predicted octanol–water partition coefficient (Wildman–Crippen LogP) is 1.56. The van der Waals surface area contributed by atoms with Crippen molar-refractivity contribution in [2.45, 2.75) is 20.3 Å². The van der Waals surface area contributed by atoms with Crippen molar-refractivity contribution in [1.29, 1.82) is 0 Å². The van der Waals surface area contributed by atoms with Crippen molar-refractivity contribution in [2.24, 2.45) is 0 Å². The number of aromatic nitrogens is 1. The molecule has 2 N–H and O–H groups in total. The van der Waals surface area contributed by atoms with E-state index >= 15 is 0 Å². The van der Waals surface area contributed by atoms with Crippen molar-refractivity contribution in [3.63, 3.8) is 0 Å². The van der Waals surface area contributed by atoms with Gasteiger partial charge in [-0.15, -0.1) is 0 Å². The van der Waals surface area contributed by atoms with E-state index in [2.05, 4.69) is 4.98 Å². The molecule has 0 aliphatic rings. The van der Waals surface area contributed by atoms with E-state index in [9.17, 15) is 4.79 Å². The van der Waals surface area contributed by atoms with Crippen molar-refractivity contribution < 1.29 is 4.79 Å². The minimum atomic E-state index is 0.0763. The van der Waals surface area contributed by atoms with E-state index in [1.54, 1.807) is 6.20 Å². The quantitative estimate of drug-likeness (QED) is 0.675. The number of anilines is 1. The highest BCUT2D eigenvalue weighted by atomic mass is 16.1. The van der Waals surface area contributed by atoms with E-state index in [1.807, 2.05) is 13.8 Å². The van der Waals surface area contributed by atoms with Crippen molar-refractivity contribution in [2.75, 3.05) is 5.73 Å². The molecule has 3 nitrogen and oxygen atoms in total. The van der Waals surface area contributed by atoms with E-state index < -0.39 is 0 Å². The molecular weight excluding hydrogens is 152 g/mol. The number of nitrogens with zero attached hydrogens (tertiary/aromatic N) is 1. The van der Waals surface area contributed by atoms with Gasteiger partial charge in [-0.2, -0.15) is 0 Å². The molecule has 64 valence electrons. The Hall–Kier alpha value is -1.38. The number of nitrogen functional groups attached to an aromatic ring is 1. The monoisotopic (exact) mass is 164 g/mol. The van der Waals surface area contributed by atoms with Crippen LogP contribution in [0.25, 0.3) is 0 Å². The highest BCUT2D eigenvalue weighted by Gasteiger charge is 2.09. The Bertz CT molecular complexity index is 287. The molecule has 0 unspecified atom stereocenters. The van der Waals surface area contributed by atoms with Gasteiger partial charge >= 0.3 is 0 Å². The molecule has 0 fully saturated rings. The fraction of sp³-hybridized carbons (Fsp3) is 0.333. The second kappa shape index (κ2) is 3.34. The average Bonchev–Trinajstić information content (AvgIpc) is 2.03. The fourth-order valence-electron chi connectivity index (χ4n) is 1.14. The topological polar surface area (TPSA) is 56.0 Å². The van der Waals surface area contributed by atoms with Gasteiger partial charge in [0, 0.05) is 18.2 Å². The number of carbonyl (C=O) groups is 1. The van der Waals surface area contributed by atoms with Crippen LogP contribution in [-0.4, -0.2) is 10.8 Å². The summed E-state index contributed by atoms with van der Waals surface area (Å²) in [6.07, 6.45) is 3.64. The first kappa shape index (κ1) is 8.71. The van der Waals surface area contributed by atoms with Crippen LogP contribution in [0.3, 0.4) is 0 Å². The molecule has 0 aromatic carbocycles. The van der Waals surface area contributed by atoms with Crippen molar-refractivity contribution in [3.8, 4) is 0 Å². The first-order valence-corrected chi connectivity index (χ1v) is 3.90. The smallest absolute Gasteiger partial charge is 0.165 e. The summed E-state index contributed by atoms with van der Waals surface area (Å²) < 4.78 is 0. The third-order valence-corrected chi connectivity index (χ3v) is 1.76. The summed E-state index contributed by atoms with van der Waals surface area (Å²) >= 11 is 0. The van der Waals surface area contributed by atoms with E-state index in [4.69, 9.17) is 5.73 Å². The number of hydrogen-bond acceptors (Lipinski definition) is 3. The summed E-state index contributed by atoms with van der Waals surface area (Å²) in [6, 6.07) is 0. The van der Waals surface area contributed by atoms with Gasteiger partial charge in [-0.05, 0) is 12.5 Å². The number of Topliss-reactive ketones (excluding diaryl/α,β-unsaturated/α-hetero) is 1. The SMILES string of the molecule is CCC(=O)c1c(C)cncc1N. The van der Waals surface area contributed by atoms with Crippen LogP contribution < -0.4 is 5.73 Å². The second-order valence-electron chi connectivity index (χ2n) is 2.70. The normalized spacial score (nSPS) is 9.83. The fourth-order valence-corrected chi connectivity index (χ4v) is 1.14. The second-order valence-corrected chi connectivity index (χ2v) is 2.70. The molecule has 0 aliphatic heterocycles. The molecule has 1 rings (SSSR count). The van der Waals surface area contributed by atoms with Crippen molar-refractivity contribution in [1.82, 2.24) is 4.98 Å². The lowest BCUT2D eigenvalue weighted by Crippen LogP contribution is -2.05. The number of rotatable bonds is 2. The lowest BCUT2D eigenvalue weighted by Gasteiger charge is -2.04. The van der Waals surface area contributed by atoms with Crippen LogP contribution in [0, 0.1) is 6.92 Å². The highest BCUT2D eigenvalue weighted by Crippen LogP contribution is 2.15. The highest BCUT2D eigenvalue weighted by molar-refractivity contribution is 6.01. The van der Waals surface area contributed by atoms with Crippen LogP contribution in [0.15, 0.2) is 12.4 Å². The molecule has 0 bridgehead atoms. The number of ketones is 1. The number of nitrogens with two attached hydrogens (primary N) is 1. The van der Waals surface area contributed by atoms with Crippen molar-refractivity contribution >= 4 is 11.5 Å². The summed E-state index contributed by atoms with van der Waals surface area (Å²) in [5.41, 5.74) is 7.56. The van der Waals surface area contributed by atoms with Gasteiger partial charge in [-0.3, -0.25) is 9.78 Å². The van der Waals surface area contributed by atoms with Gasteiger partial charge in [0.25, 0.3) is 0 Å². The Morgan fingerprint density at radius 2 is 2.25 bits per heavy atom. The molecule has 0 radical (unpaired) electrons. The maximum Gasteiger partial charge on any atom is 0.165 e. The summed E-state index contributed by atoms with van der Waals surface area (Å²) in [6.45, 7) is 3.66. The lowest BCUT2D eigenvalue weighted by atomic mass is 10.0. The summed E-state index contributed by atoms with van der Waals surface area (Å²) in [5, 5.41) is 0. The molecule has 3 heteroatoms. The number of aryl methyl sites for hydroxylation is 1. The number of hydrogen-bond donors (Lipinski definition) is 1. The van der Waals surface area contributed by atoms with Crippen molar-refractivity contribution in [3.05, 3.63) is 23.5 Å².